The molecule has 2 aromatic rings. The summed E-state index contributed by atoms with van der Waals surface area (Å²) >= 11 is 6.19. The van der Waals surface area contributed by atoms with Gasteiger partial charge in [-0.05, 0) is 75.9 Å². The van der Waals surface area contributed by atoms with Crippen LogP contribution in [0.3, 0.4) is 0 Å². The molecule has 1 atom stereocenters. The van der Waals surface area contributed by atoms with E-state index in [-0.39, 0.29) is 0 Å². The number of halogens is 1. The number of aryl methyl sites for hydroxylation is 1. The topological polar surface area (TPSA) is 33.1 Å². The van der Waals surface area contributed by atoms with Crippen LogP contribution in [-0.2, 0) is 6.42 Å². The molecule has 26 heavy (non-hydrogen) atoms. The second-order valence-corrected chi connectivity index (χ2v) is 8.02. The van der Waals surface area contributed by atoms with Crippen LogP contribution in [0.4, 0.5) is 5.82 Å². The summed E-state index contributed by atoms with van der Waals surface area (Å²) in [6.07, 6.45) is 7.40. The first-order valence-corrected chi connectivity index (χ1v) is 10.4. The smallest absolute Gasteiger partial charge is 0.133 e. The summed E-state index contributed by atoms with van der Waals surface area (Å²) in [5.41, 5.74) is 5.02. The molecule has 0 saturated carbocycles. The third-order valence-corrected chi connectivity index (χ3v) is 6.12. The van der Waals surface area contributed by atoms with Crippen LogP contribution in [0.2, 0.25) is 5.02 Å². The van der Waals surface area contributed by atoms with Gasteiger partial charge in [-0.3, -0.25) is 4.90 Å². The van der Waals surface area contributed by atoms with Crippen molar-refractivity contribution in [2.45, 2.75) is 58.4 Å². The molecular weight excluding hydrogens is 344 g/mol. The number of hydrogen-bond acceptors (Lipinski definition) is 3. The standard InChI is InChI=1S/C21H29ClN4/c1-3-25-13-7-5-9-19(25)20-17-8-4-6-12-23-21(17)26(24-20)18-11-10-16(22)14-15(18)2/h10-11,14,19,23H,3-9,12-13H2,1-2H3. The Morgan fingerprint density at radius 2 is 2.12 bits per heavy atom. The highest BCUT2D eigenvalue weighted by Crippen LogP contribution is 2.38. The second kappa shape index (κ2) is 7.61. The number of benzene rings is 1. The van der Waals surface area contributed by atoms with E-state index in [0.29, 0.717) is 6.04 Å². The number of aromatic nitrogens is 2. The Labute approximate surface area is 161 Å². The van der Waals surface area contributed by atoms with Crippen LogP contribution in [0.1, 0.15) is 61.9 Å². The molecule has 1 aromatic carbocycles. The molecule has 0 amide bonds. The summed E-state index contributed by atoms with van der Waals surface area (Å²) in [5, 5.41) is 9.64. The maximum Gasteiger partial charge on any atom is 0.133 e. The molecule has 1 fully saturated rings. The number of fused-ring (bicyclic) bond motifs is 1. The molecule has 1 aromatic heterocycles. The SMILES string of the molecule is CCN1CCCCC1c1nn(-c2ccc(Cl)cc2C)c2c1CCCCN2. The predicted octanol–water partition coefficient (Wildman–Crippen LogP) is 5.13. The number of anilines is 1. The van der Waals surface area contributed by atoms with Gasteiger partial charge >= 0.3 is 0 Å². The van der Waals surface area contributed by atoms with E-state index in [1.54, 1.807) is 0 Å². The lowest BCUT2D eigenvalue weighted by atomic mass is 9.95. The summed E-state index contributed by atoms with van der Waals surface area (Å²) in [6, 6.07) is 6.55. The van der Waals surface area contributed by atoms with Gasteiger partial charge in [-0.25, -0.2) is 4.68 Å². The summed E-state index contributed by atoms with van der Waals surface area (Å²) in [4.78, 5) is 2.61. The van der Waals surface area contributed by atoms with Gasteiger partial charge in [0.25, 0.3) is 0 Å². The van der Waals surface area contributed by atoms with Crippen molar-refractivity contribution in [3.05, 3.63) is 40.0 Å². The Morgan fingerprint density at radius 3 is 2.92 bits per heavy atom. The lowest BCUT2D eigenvalue weighted by molar-refractivity contribution is 0.152. The lowest BCUT2D eigenvalue weighted by Gasteiger charge is -2.34. The number of nitrogens with one attached hydrogen (secondary N) is 1. The maximum absolute atomic E-state index is 6.19. The molecular formula is C21H29ClN4. The van der Waals surface area contributed by atoms with E-state index in [1.165, 1.54) is 55.7 Å². The first kappa shape index (κ1) is 17.9. The quantitative estimate of drug-likeness (QED) is 0.810. The highest BCUT2D eigenvalue weighted by molar-refractivity contribution is 6.30. The Morgan fingerprint density at radius 1 is 1.23 bits per heavy atom. The molecule has 140 valence electrons. The zero-order valence-corrected chi connectivity index (χ0v) is 16.6. The lowest BCUT2D eigenvalue weighted by Crippen LogP contribution is -2.34. The molecule has 0 spiro atoms. The molecule has 0 aliphatic carbocycles. The fraction of sp³-hybridized carbons (Fsp3) is 0.571. The van der Waals surface area contributed by atoms with Gasteiger partial charge in [-0.2, -0.15) is 5.10 Å². The molecule has 4 nitrogen and oxygen atoms in total. The van der Waals surface area contributed by atoms with Crippen molar-refractivity contribution in [2.24, 2.45) is 0 Å². The molecule has 2 aliphatic heterocycles. The average molecular weight is 373 g/mol. The van der Waals surface area contributed by atoms with Gasteiger partial charge in [-0.15, -0.1) is 0 Å². The van der Waals surface area contributed by atoms with E-state index >= 15 is 0 Å². The zero-order valence-electron chi connectivity index (χ0n) is 15.9. The average Bonchev–Trinajstić information content (AvgIpc) is 2.83. The minimum atomic E-state index is 0.455. The van der Waals surface area contributed by atoms with Crippen LogP contribution in [0, 0.1) is 6.92 Å². The molecule has 3 heterocycles. The van der Waals surface area contributed by atoms with Crippen LogP contribution in [0.15, 0.2) is 18.2 Å². The molecule has 4 rings (SSSR count). The molecule has 0 radical (unpaired) electrons. The number of nitrogens with zero attached hydrogens (tertiary/aromatic N) is 3. The Bertz CT molecular complexity index is 783. The van der Waals surface area contributed by atoms with Crippen molar-refractivity contribution in [2.75, 3.05) is 25.0 Å². The van der Waals surface area contributed by atoms with Crippen LogP contribution >= 0.6 is 11.6 Å². The van der Waals surface area contributed by atoms with E-state index in [0.717, 1.165) is 35.8 Å². The van der Waals surface area contributed by atoms with E-state index in [9.17, 15) is 0 Å². The van der Waals surface area contributed by atoms with Gasteiger partial charge < -0.3 is 5.32 Å². The highest BCUT2D eigenvalue weighted by Gasteiger charge is 2.31. The van der Waals surface area contributed by atoms with Gasteiger partial charge in [0.1, 0.15) is 5.82 Å². The number of rotatable bonds is 3. The van der Waals surface area contributed by atoms with Crippen molar-refractivity contribution in [3.63, 3.8) is 0 Å². The van der Waals surface area contributed by atoms with Gasteiger partial charge in [0.15, 0.2) is 0 Å². The largest absolute Gasteiger partial charge is 0.370 e. The van der Waals surface area contributed by atoms with Gasteiger partial charge in [-0.1, -0.05) is 24.9 Å². The van der Waals surface area contributed by atoms with Gasteiger partial charge in [0.05, 0.1) is 17.4 Å². The van der Waals surface area contributed by atoms with Crippen LogP contribution in [0.5, 0.6) is 0 Å². The minimum absolute atomic E-state index is 0.455. The summed E-state index contributed by atoms with van der Waals surface area (Å²) in [6.45, 7) is 7.70. The van der Waals surface area contributed by atoms with E-state index < -0.39 is 0 Å². The zero-order chi connectivity index (χ0) is 18.1. The monoisotopic (exact) mass is 372 g/mol. The fourth-order valence-electron chi connectivity index (χ4n) is 4.51. The summed E-state index contributed by atoms with van der Waals surface area (Å²) in [7, 11) is 0. The molecule has 5 heteroatoms. The molecule has 1 saturated heterocycles. The fourth-order valence-corrected chi connectivity index (χ4v) is 4.73. The first-order chi connectivity index (χ1) is 12.7. The molecule has 1 unspecified atom stereocenters. The third-order valence-electron chi connectivity index (χ3n) is 5.88. The van der Waals surface area contributed by atoms with Gasteiger partial charge in [0.2, 0.25) is 0 Å². The normalized spacial score (nSPS) is 21.1. The third kappa shape index (κ3) is 3.25. The maximum atomic E-state index is 6.19. The molecule has 0 bridgehead atoms. The highest BCUT2D eigenvalue weighted by atomic mass is 35.5. The van der Waals surface area contributed by atoms with E-state index in [2.05, 4.69) is 34.8 Å². The van der Waals surface area contributed by atoms with E-state index in [1.807, 2.05) is 12.1 Å². The summed E-state index contributed by atoms with van der Waals surface area (Å²) < 4.78 is 2.14. The number of likely N-dealkylation sites (tertiary alicyclic amines) is 1. The molecule has 1 N–H and O–H groups in total. The van der Waals surface area contributed by atoms with Gasteiger partial charge in [0, 0.05) is 17.1 Å². The van der Waals surface area contributed by atoms with E-state index in [4.69, 9.17) is 16.7 Å². The number of hydrogen-bond donors (Lipinski definition) is 1. The van der Waals surface area contributed by atoms with Crippen molar-refractivity contribution >= 4 is 17.4 Å². The van der Waals surface area contributed by atoms with Crippen molar-refractivity contribution in [3.8, 4) is 5.69 Å². The Balaban J connectivity index is 1.83. The van der Waals surface area contributed by atoms with Crippen LogP contribution in [0.25, 0.3) is 5.69 Å². The van der Waals surface area contributed by atoms with Crippen LogP contribution < -0.4 is 5.32 Å². The number of piperidine rings is 1. The van der Waals surface area contributed by atoms with Crippen LogP contribution in [-0.4, -0.2) is 34.3 Å². The minimum Gasteiger partial charge on any atom is -0.370 e. The Hall–Kier alpha value is -1.52. The van der Waals surface area contributed by atoms with Crippen molar-refractivity contribution in [1.29, 1.82) is 0 Å². The Kier molecular flexibility index (Phi) is 5.23. The van der Waals surface area contributed by atoms with Crippen molar-refractivity contribution < 1.29 is 0 Å². The predicted molar refractivity (Wildman–Crippen MR) is 109 cm³/mol. The van der Waals surface area contributed by atoms with Crippen molar-refractivity contribution in [1.82, 2.24) is 14.7 Å². The summed E-state index contributed by atoms with van der Waals surface area (Å²) in [5.74, 6) is 1.20. The first-order valence-electron chi connectivity index (χ1n) is 10.0. The second-order valence-electron chi connectivity index (χ2n) is 7.58. The molecule has 2 aliphatic rings.